The quantitative estimate of drug-likeness (QED) is 0.121. The second-order valence-corrected chi connectivity index (χ2v) is 18.0. The summed E-state index contributed by atoms with van der Waals surface area (Å²) in [5.74, 6) is 4.76. The second-order valence-electron chi connectivity index (χ2n) is 14.2. The summed E-state index contributed by atoms with van der Waals surface area (Å²) in [6.45, 7) is 12.6. The lowest BCUT2D eigenvalue weighted by Crippen LogP contribution is -2.28. The summed E-state index contributed by atoms with van der Waals surface area (Å²) >= 11 is 0. The zero-order valence-corrected chi connectivity index (χ0v) is 32.1. The van der Waals surface area contributed by atoms with E-state index in [1.807, 2.05) is 33.9 Å². The molecule has 2 aliphatic rings. The summed E-state index contributed by atoms with van der Waals surface area (Å²) in [6.07, 6.45) is 9.86. The highest BCUT2D eigenvalue weighted by atomic mass is 32.2. The Kier molecular flexibility index (Phi) is 10.7. The Labute approximate surface area is 311 Å². The summed E-state index contributed by atoms with van der Waals surface area (Å²) in [5.41, 5.74) is 2.40. The maximum atomic E-state index is 12.7. The fourth-order valence-corrected chi connectivity index (χ4v) is 8.22. The molecule has 2 aromatic carbocycles. The Balaban J connectivity index is 0.000000209. The van der Waals surface area contributed by atoms with Crippen LogP contribution >= 0.6 is 0 Å². The molecule has 4 aromatic rings. The molecule has 4 heterocycles. The Morgan fingerprint density at radius 1 is 0.679 bits per heavy atom. The maximum absolute atomic E-state index is 12.7. The van der Waals surface area contributed by atoms with Gasteiger partial charge in [0.05, 0.1) is 21.8 Å². The lowest BCUT2D eigenvalue weighted by molar-refractivity contribution is -0.584. The number of aromatic nitrogens is 2. The standard InChI is InChI=1S/C22H26N2.C20H14O7S2/c1-21(2,3)11-17-23-13-7-19(8-14-23)20-9-15-24(16-10-20)18-12-22(4,5)6;1-27-12(10-17-19(21)13-6-2-4-8-15(13)28(17,23)24)11-18-20(22)14-7-3-5-9-16(14)29(18,25)26/h7-10,13-16H,1-6H3;2-11,21H,1H3/q+2;/p-1. The molecule has 0 unspecified atom stereocenters. The third-order valence-electron chi connectivity index (χ3n) is 7.76. The highest BCUT2D eigenvalue weighted by Crippen LogP contribution is 2.38. The molecule has 0 radical (unpaired) electrons. The van der Waals surface area contributed by atoms with Gasteiger partial charge >= 0.3 is 0 Å². The number of rotatable bonds is 4. The average Bonchev–Trinajstić information content (AvgIpc) is 3.43. The van der Waals surface area contributed by atoms with E-state index in [2.05, 4.69) is 89.7 Å². The molecule has 270 valence electrons. The number of carbonyl (C=O) groups is 1. The van der Waals surface area contributed by atoms with Crippen LogP contribution < -0.4 is 14.2 Å². The van der Waals surface area contributed by atoms with E-state index in [4.69, 9.17) is 4.74 Å². The average molecular weight is 748 g/mol. The van der Waals surface area contributed by atoms with Crippen molar-refractivity contribution >= 4 is 31.2 Å². The number of carbonyl (C=O) groups excluding carboxylic acids is 1. The number of hydrogen-bond donors (Lipinski definition) is 0. The van der Waals surface area contributed by atoms with Crippen LogP contribution in [0.15, 0.2) is 135 Å². The molecular formula is C42H39N2O7S2+. The Morgan fingerprint density at radius 3 is 1.53 bits per heavy atom. The van der Waals surface area contributed by atoms with E-state index in [-0.39, 0.29) is 37.5 Å². The number of fused-ring (bicyclic) bond motifs is 2. The molecule has 0 atom stereocenters. The van der Waals surface area contributed by atoms with Crippen molar-refractivity contribution in [3.05, 3.63) is 136 Å². The van der Waals surface area contributed by atoms with Crippen molar-refractivity contribution in [2.24, 2.45) is 10.8 Å². The van der Waals surface area contributed by atoms with Gasteiger partial charge in [0.2, 0.25) is 37.5 Å². The monoisotopic (exact) mass is 747 g/mol. The lowest BCUT2D eigenvalue weighted by atomic mass is 9.99. The van der Waals surface area contributed by atoms with Gasteiger partial charge in [-0.25, -0.2) is 16.8 Å². The molecule has 6 rings (SSSR count). The van der Waals surface area contributed by atoms with E-state index in [0.717, 1.165) is 12.2 Å². The van der Waals surface area contributed by atoms with Crippen LogP contribution in [0.2, 0.25) is 0 Å². The van der Waals surface area contributed by atoms with Gasteiger partial charge in [0.15, 0.2) is 24.8 Å². The van der Waals surface area contributed by atoms with Crippen molar-refractivity contribution in [3.8, 4) is 35.1 Å². The Hall–Kier alpha value is -5.75. The molecule has 0 aliphatic carbocycles. The molecule has 11 heteroatoms. The molecule has 0 fully saturated rings. The van der Waals surface area contributed by atoms with E-state index in [1.54, 1.807) is 12.1 Å². The summed E-state index contributed by atoms with van der Waals surface area (Å²) in [5, 5.41) is 12.5. The number of sulfone groups is 2. The molecular weight excluding hydrogens is 709 g/mol. The van der Waals surface area contributed by atoms with Gasteiger partial charge in [-0.1, -0.05) is 36.1 Å². The van der Waals surface area contributed by atoms with Crippen molar-refractivity contribution in [2.45, 2.75) is 51.3 Å². The number of pyridine rings is 2. The van der Waals surface area contributed by atoms with Crippen LogP contribution in [0.4, 0.5) is 0 Å². The first-order chi connectivity index (χ1) is 24.8. The fourth-order valence-electron chi connectivity index (χ4n) is 5.08. The zero-order valence-electron chi connectivity index (χ0n) is 30.5. The molecule has 0 saturated heterocycles. The Bertz CT molecular complexity index is 2470. The summed E-state index contributed by atoms with van der Waals surface area (Å²) in [6, 6.07) is 26.1. The van der Waals surface area contributed by atoms with E-state index < -0.39 is 41.0 Å². The molecule has 9 nitrogen and oxygen atoms in total. The van der Waals surface area contributed by atoms with Crippen molar-refractivity contribution < 1.29 is 40.6 Å². The smallest absolute Gasteiger partial charge is 0.229 e. The fraction of sp³-hybridized carbons (Fsp3) is 0.214. The zero-order chi connectivity index (χ0) is 38.8. The first-order valence-electron chi connectivity index (χ1n) is 16.5. The number of hydrogen-bond acceptors (Lipinski definition) is 7. The van der Waals surface area contributed by atoms with E-state index in [9.17, 15) is 26.7 Å². The van der Waals surface area contributed by atoms with Gasteiger partial charge in [-0.2, -0.15) is 0 Å². The molecule has 53 heavy (non-hydrogen) atoms. The number of ether oxygens (including phenoxy) is 1. The van der Waals surface area contributed by atoms with Gasteiger partial charge in [-0.15, -0.1) is 9.13 Å². The van der Waals surface area contributed by atoms with Crippen LogP contribution in [0.3, 0.4) is 0 Å². The number of methoxy groups -OCH3 is 1. The van der Waals surface area contributed by atoms with Gasteiger partial charge in [-0.3, -0.25) is 4.79 Å². The van der Waals surface area contributed by atoms with Crippen molar-refractivity contribution in [1.82, 2.24) is 0 Å². The van der Waals surface area contributed by atoms with Crippen molar-refractivity contribution in [1.29, 1.82) is 0 Å². The van der Waals surface area contributed by atoms with Gasteiger partial charge in [0.25, 0.3) is 0 Å². The van der Waals surface area contributed by atoms with Crippen LogP contribution in [0.25, 0.3) is 16.9 Å². The van der Waals surface area contributed by atoms with Crippen molar-refractivity contribution in [2.75, 3.05) is 7.11 Å². The summed E-state index contributed by atoms with van der Waals surface area (Å²) in [7, 11) is -6.98. The predicted octanol–water partition coefficient (Wildman–Crippen LogP) is 5.23. The first-order valence-corrected chi connectivity index (χ1v) is 19.5. The highest BCUT2D eigenvalue weighted by molar-refractivity contribution is 7.97. The van der Waals surface area contributed by atoms with Crippen molar-refractivity contribution in [3.63, 3.8) is 0 Å². The third-order valence-corrected chi connectivity index (χ3v) is 11.4. The minimum atomic E-state index is -4.08. The molecule has 2 aliphatic heterocycles. The molecule has 0 spiro atoms. The normalized spacial score (nSPS) is 16.3. The maximum Gasteiger partial charge on any atom is 0.229 e. The number of nitrogens with zero attached hydrogens (tertiary/aromatic N) is 2. The number of allylic oxidation sites excluding steroid dienone is 3. The SMILES string of the molecule is CC(C)(C)C#C[n+]1ccc(-c2cc[n+](C#CC(C)(C)C)cc2)cc1.COC(=CC1=C([O-])c2ccccc2S1(=O)=O)C=C1C(=O)c2ccccc2S1(=O)=O. The number of benzene rings is 2. The van der Waals surface area contributed by atoms with Crippen LogP contribution in [0.1, 0.15) is 57.5 Å². The molecule has 0 bridgehead atoms. The van der Waals surface area contributed by atoms with Gasteiger partial charge in [-0.05, 0) is 94.3 Å². The summed E-state index contributed by atoms with van der Waals surface area (Å²) in [4.78, 5) is 11.2. The van der Waals surface area contributed by atoms with Crippen LogP contribution in [-0.2, 0) is 24.4 Å². The lowest BCUT2D eigenvalue weighted by Gasteiger charge is -2.09. The van der Waals surface area contributed by atoms with Crippen LogP contribution in [0, 0.1) is 34.8 Å². The first kappa shape index (κ1) is 38.5. The topological polar surface area (TPSA) is 125 Å². The second kappa shape index (κ2) is 14.7. The predicted molar refractivity (Wildman–Crippen MR) is 199 cm³/mol. The van der Waals surface area contributed by atoms with Crippen LogP contribution in [-0.4, -0.2) is 29.7 Å². The number of Topliss-reactive ketones (excluding diaryl/α,β-unsaturated/α-hetero) is 1. The largest absolute Gasteiger partial charge is 0.871 e. The Morgan fingerprint density at radius 2 is 1.11 bits per heavy atom. The van der Waals surface area contributed by atoms with E-state index >= 15 is 0 Å². The number of ketones is 1. The van der Waals surface area contributed by atoms with Crippen LogP contribution in [0.5, 0.6) is 0 Å². The van der Waals surface area contributed by atoms with Gasteiger partial charge in [0, 0.05) is 46.7 Å². The van der Waals surface area contributed by atoms with Gasteiger partial charge in [0.1, 0.15) is 10.7 Å². The van der Waals surface area contributed by atoms with Gasteiger partial charge < -0.3 is 9.84 Å². The molecule has 2 aromatic heterocycles. The molecule has 0 N–H and O–H groups in total. The third kappa shape index (κ3) is 8.66. The van der Waals surface area contributed by atoms with E-state index in [1.165, 1.54) is 54.6 Å². The summed E-state index contributed by atoms with van der Waals surface area (Å²) < 4.78 is 59.6. The molecule has 0 amide bonds. The van der Waals surface area contributed by atoms with E-state index in [0.29, 0.717) is 0 Å². The highest BCUT2D eigenvalue weighted by Gasteiger charge is 2.39. The minimum absolute atomic E-state index is 0.00676. The molecule has 0 saturated carbocycles. The minimum Gasteiger partial charge on any atom is -0.871 e.